The summed E-state index contributed by atoms with van der Waals surface area (Å²) in [6, 6.07) is 4.43. The van der Waals surface area contributed by atoms with Crippen LogP contribution in [0.4, 0.5) is 5.69 Å². The molecule has 1 amide bonds. The van der Waals surface area contributed by atoms with Gasteiger partial charge in [-0.3, -0.25) is 4.79 Å². The number of fused-ring (bicyclic) bond motifs is 1. The molecule has 1 heterocycles. The Hall–Kier alpha value is -2.39. The van der Waals surface area contributed by atoms with Crippen LogP contribution in [0.2, 0.25) is 0 Å². The van der Waals surface area contributed by atoms with Gasteiger partial charge in [-0.05, 0) is 35.4 Å². The van der Waals surface area contributed by atoms with Gasteiger partial charge >= 0.3 is 0 Å². The molecular formula is C16H14N2O3S. The van der Waals surface area contributed by atoms with Gasteiger partial charge < -0.3 is 10.2 Å². The predicted molar refractivity (Wildman–Crippen MR) is 83.1 cm³/mol. The largest absolute Gasteiger partial charge is 0.326 e. The van der Waals surface area contributed by atoms with Gasteiger partial charge in [-0.1, -0.05) is 12.2 Å². The summed E-state index contributed by atoms with van der Waals surface area (Å²) < 4.78 is 25.1. The van der Waals surface area contributed by atoms with Crippen LogP contribution in [0, 0.1) is 6.57 Å². The lowest BCUT2D eigenvalue weighted by Crippen LogP contribution is -2.14. The Morgan fingerprint density at radius 3 is 2.95 bits per heavy atom. The molecule has 112 valence electrons. The van der Waals surface area contributed by atoms with Crippen molar-refractivity contribution in [3.05, 3.63) is 59.0 Å². The minimum Gasteiger partial charge on any atom is -0.326 e. The summed E-state index contributed by atoms with van der Waals surface area (Å²) in [4.78, 5) is 15.0. The van der Waals surface area contributed by atoms with E-state index in [2.05, 4.69) is 10.2 Å². The normalized spacial score (nSPS) is 20.0. The van der Waals surface area contributed by atoms with Crippen LogP contribution in [0.3, 0.4) is 0 Å². The van der Waals surface area contributed by atoms with Crippen LogP contribution in [0.15, 0.2) is 46.9 Å². The van der Waals surface area contributed by atoms with Crippen molar-refractivity contribution in [2.24, 2.45) is 0 Å². The van der Waals surface area contributed by atoms with Crippen molar-refractivity contribution in [1.82, 2.24) is 0 Å². The van der Waals surface area contributed by atoms with Crippen LogP contribution in [0.1, 0.15) is 12.0 Å². The number of nitrogens with zero attached hydrogens (tertiary/aromatic N) is 1. The molecule has 0 fully saturated rings. The van der Waals surface area contributed by atoms with Crippen molar-refractivity contribution in [3.63, 3.8) is 0 Å². The molecule has 0 aromatic heterocycles. The van der Waals surface area contributed by atoms with E-state index in [1.54, 1.807) is 30.4 Å². The fourth-order valence-corrected chi connectivity index (χ4v) is 4.11. The first-order chi connectivity index (χ1) is 10.5. The molecule has 0 radical (unpaired) electrons. The molecule has 1 aliphatic carbocycles. The maximum absolute atomic E-state index is 12.5. The number of anilines is 1. The van der Waals surface area contributed by atoms with Crippen LogP contribution >= 0.6 is 0 Å². The van der Waals surface area contributed by atoms with Gasteiger partial charge in [-0.25, -0.2) is 15.0 Å². The minimum atomic E-state index is -3.47. The molecule has 0 bridgehead atoms. The predicted octanol–water partition coefficient (Wildman–Crippen LogP) is 2.13. The van der Waals surface area contributed by atoms with E-state index in [1.165, 1.54) is 6.07 Å². The van der Waals surface area contributed by atoms with Crippen molar-refractivity contribution in [3.8, 4) is 0 Å². The summed E-state index contributed by atoms with van der Waals surface area (Å²) in [5.74, 6) is -0.214. The molecule has 1 atom stereocenters. The lowest BCUT2D eigenvalue weighted by Gasteiger charge is -2.12. The number of allylic oxidation sites excluding steroid dienone is 2. The highest BCUT2D eigenvalue weighted by molar-refractivity contribution is 7.91. The zero-order valence-electron chi connectivity index (χ0n) is 11.7. The monoisotopic (exact) mass is 314 g/mol. The molecule has 1 aromatic rings. The van der Waals surface area contributed by atoms with Crippen LogP contribution in [-0.2, 0) is 21.1 Å². The highest BCUT2D eigenvalue weighted by atomic mass is 32.2. The molecule has 5 nitrogen and oxygen atoms in total. The third kappa shape index (κ3) is 2.81. The average molecular weight is 314 g/mol. The van der Waals surface area contributed by atoms with Gasteiger partial charge in [-0.15, -0.1) is 0 Å². The molecule has 0 saturated heterocycles. The number of benzene rings is 1. The summed E-state index contributed by atoms with van der Waals surface area (Å²) in [6.07, 6.45) is 5.93. The fourth-order valence-electron chi connectivity index (χ4n) is 2.65. The molecule has 1 aromatic carbocycles. The molecule has 0 saturated carbocycles. The van der Waals surface area contributed by atoms with Gasteiger partial charge in [0.15, 0.2) is 9.84 Å². The average Bonchev–Trinajstić information content (AvgIpc) is 2.86. The van der Waals surface area contributed by atoms with Gasteiger partial charge in [0.1, 0.15) is 0 Å². The van der Waals surface area contributed by atoms with Gasteiger partial charge in [0.2, 0.25) is 11.9 Å². The van der Waals surface area contributed by atoms with E-state index in [0.717, 1.165) is 5.57 Å². The van der Waals surface area contributed by atoms with Crippen molar-refractivity contribution < 1.29 is 13.2 Å². The quantitative estimate of drug-likeness (QED) is 0.869. The first kappa shape index (κ1) is 14.5. The van der Waals surface area contributed by atoms with Crippen LogP contribution in [-0.4, -0.2) is 26.1 Å². The Labute approximate surface area is 129 Å². The molecule has 6 heteroatoms. The first-order valence-electron chi connectivity index (χ1n) is 6.86. The summed E-state index contributed by atoms with van der Waals surface area (Å²) in [6.45, 7) is 7.04. The summed E-state index contributed by atoms with van der Waals surface area (Å²) in [5.41, 5.74) is 2.12. The number of nitrogens with one attached hydrogen (secondary N) is 1. The molecule has 1 unspecified atom stereocenters. The third-order valence-electron chi connectivity index (χ3n) is 3.74. The summed E-state index contributed by atoms with van der Waals surface area (Å²) >= 11 is 0. The number of hydrogen-bond acceptors (Lipinski definition) is 3. The number of rotatable bonds is 3. The lowest BCUT2D eigenvalue weighted by atomic mass is 10.0. The first-order valence-corrected chi connectivity index (χ1v) is 8.51. The lowest BCUT2D eigenvalue weighted by molar-refractivity contribution is -0.115. The Morgan fingerprint density at radius 1 is 1.36 bits per heavy atom. The van der Waals surface area contributed by atoms with E-state index in [-0.39, 0.29) is 29.0 Å². The minimum absolute atomic E-state index is 0.0937. The maximum Gasteiger partial charge on any atom is 0.245 e. The maximum atomic E-state index is 12.5. The van der Waals surface area contributed by atoms with Crippen molar-refractivity contribution in [2.75, 3.05) is 11.1 Å². The highest BCUT2D eigenvalue weighted by Crippen LogP contribution is 2.27. The summed E-state index contributed by atoms with van der Waals surface area (Å²) in [7, 11) is -3.47. The van der Waals surface area contributed by atoms with Crippen molar-refractivity contribution in [2.45, 2.75) is 23.8 Å². The van der Waals surface area contributed by atoms with Crippen molar-refractivity contribution >= 4 is 21.4 Å². The number of sulfone groups is 1. The molecule has 2 aliphatic rings. The van der Waals surface area contributed by atoms with E-state index in [9.17, 15) is 13.2 Å². The van der Waals surface area contributed by atoms with Gasteiger partial charge in [0.05, 0.1) is 17.1 Å². The molecule has 0 spiro atoms. The van der Waals surface area contributed by atoms with Gasteiger partial charge in [-0.2, -0.15) is 0 Å². The zero-order valence-corrected chi connectivity index (χ0v) is 12.6. The topological polar surface area (TPSA) is 67.6 Å². The molecule has 1 N–H and O–H groups in total. The molecule has 22 heavy (non-hydrogen) atoms. The number of carbonyl (C=O) groups excluding carboxylic acids is 1. The number of amides is 1. The Morgan fingerprint density at radius 2 is 2.18 bits per heavy atom. The second-order valence-corrected chi connectivity index (χ2v) is 7.40. The second kappa shape index (κ2) is 5.43. The van der Waals surface area contributed by atoms with Crippen molar-refractivity contribution in [1.29, 1.82) is 0 Å². The smallest absolute Gasteiger partial charge is 0.245 e. The molecule has 1 aliphatic heterocycles. The van der Waals surface area contributed by atoms with E-state index < -0.39 is 9.84 Å². The van der Waals surface area contributed by atoms with Crippen LogP contribution in [0.25, 0.3) is 4.85 Å². The van der Waals surface area contributed by atoms with Gasteiger partial charge in [0, 0.05) is 12.1 Å². The summed E-state index contributed by atoms with van der Waals surface area (Å²) in [5, 5.41) is 2.68. The second-order valence-electron chi connectivity index (χ2n) is 5.41. The third-order valence-corrected chi connectivity index (χ3v) is 5.46. The van der Waals surface area contributed by atoms with Gasteiger partial charge in [0.25, 0.3) is 0 Å². The Balaban J connectivity index is 1.84. The fraction of sp³-hybridized carbons (Fsp3) is 0.250. The number of hydrogen-bond donors (Lipinski definition) is 1. The Bertz CT molecular complexity index is 845. The zero-order chi connectivity index (χ0) is 15.7. The van der Waals surface area contributed by atoms with E-state index >= 15 is 0 Å². The van der Waals surface area contributed by atoms with Crippen LogP contribution in [0.5, 0.6) is 0 Å². The molecule has 3 rings (SSSR count). The van der Waals surface area contributed by atoms with E-state index in [1.807, 2.05) is 0 Å². The number of carbonyl (C=O) groups is 1. The highest BCUT2D eigenvalue weighted by Gasteiger charge is 2.24. The Kier molecular flexibility index (Phi) is 3.59. The standard InChI is InChI=1S/C16H14N2O3S/c1-17-13-4-2-3-11(7-13)10-22(20,21)14-5-6-15-12(8-14)9-16(19)18-15/h2-6,8,13H,7,9-10H2,(H,18,19). The van der Waals surface area contributed by atoms with Crippen LogP contribution < -0.4 is 5.32 Å². The molecular weight excluding hydrogens is 300 g/mol. The van der Waals surface area contributed by atoms with E-state index in [0.29, 0.717) is 17.7 Å². The van der Waals surface area contributed by atoms with E-state index in [4.69, 9.17) is 6.57 Å². The SMILES string of the molecule is [C-]#[N+]C1C=CC=C(CS(=O)(=O)c2ccc3c(c2)CC(=O)N3)C1.